The first-order chi connectivity index (χ1) is 7.18. The minimum atomic E-state index is 0.867. The van der Waals surface area contributed by atoms with Gasteiger partial charge in [-0.15, -0.1) is 0 Å². The van der Waals surface area contributed by atoms with Crippen molar-refractivity contribution in [1.82, 2.24) is 4.98 Å². The number of nitrogens with zero attached hydrogens (tertiary/aromatic N) is 1. The summed E-state index contributed by atoms with van der Waals surface area (Å²) in [6.07, 6.45) is 0. The van der Waals surface area contributed by atoms with E-state index in [-0.39, 0.29) is 0 Å². The Balaban J connectivity index is 2.59. The third-order valence-corrected chi connectivity index (χ3v) is 3.60. The highest BCUT2D eigenvalue weighted by Gasteiger charge is 2.06. The first-order valence-corrected chi connectivity index (χ1v) is 6.15. The van der Waals surface area contributed by atoms with Crippen molar-refractivity contribution in [3.05, 3.63) is 51.2 Å². The molecular weight excluding hydrogens is 318 g/mol. The molecule has 0 fully saturated rings. The molecular formula is C12H9Br2N. The Morgan fingerprint density at radius 2 is 1.67 bits per heavy atom. The zero-order chi connectivity index (χ0) is 10.8. The van der Waals surface area contributed by atoms with Gasteiger partial charge in [-0.25, -0.2) is 4.98 Å². The molecule has 76 valence electrons. The van der Waals surface area contributed by atoms with E-state index in [4.69, 9.17) is 0 Å². The van der Waals surface area contributed by atoms with Crippen LogP contribution in [0.25, 0.3) is 11.1 Å². The molecule has 1 aromatic heterocycles. The fourth-order valence-electron chi connectivity index (χ4n) is 1.39. The Hall–Kier alpha value is -0.670. The van der Waals surface area contributed by atoms with E-state index >= 15 is 0 Å². The Kier molecular flexibility index (Phi) is 3.22. The molecule has 0 saturated carbocycles. The van der Waals surface area contributed by atoms with Gasteiger partial charge in [0.15, 0.2) is 0 Å². The summed E-state index contributed by atoms with van der Waals surface area (Å²) in [7, 11) is 0. The number of aromatic nitrogens is 1. The second-order valence-corrected chi connectivity index (χ2v) is 4.80. The molecule has 2 aromatic rings. The molecule has 0 radical (unpaired) electrons. The van der Waals surface area contributed by atoms with Crippen LogP contribution in [0.1, 0.15) is 5.56 Å². The molecule has 1 nitrogen and oxygen atoms in total. The van der Waals surface area contributed by atoms with Crippen LogP contribution in [0.2, 0.25) is 0 Å². The van der Waals surface area contributed by atoms with E-state index in [9.17, 15) is 0 Å². The van der Waals surface area contributed by atoms with Crippen molar-refractivity contribution in [3.8, 4) is 11.1 Å². The first-order valence-electron chi connectivity index (χ1n) is 4.56. The topological polar surface area (TPSA) is 12.9 Å². The number of pyridine rings is 1. The normalized spacial score (nSPS) is 10.3. The highest BCUT2D eigenvalue weighted by atomic mass is 79.9. The molecule has 0 aliphatic carbocycles. The highest BCUT2D eigenvalue weighted by molar-refractivity contribution is 9.11. The maximum atomic E-state index is 4.38. The van der Waals surface area contributed by atoms with Crippen molar-refractivity contribution in [2.45, 2.75) is 6.92 Å². The molecule has 0 aliphatic heterocycles. The van der Waals surface area contributed by atoms with E-state index in [1.807, 2.05) is 25.1 Å². The van der Waals surface area contributed by atoms with Crippen LogP contribution < -0.4 is 0 Å². The molecule has 2 rings (SSSR count). The van der Waals surface area contributed by atoms with Crippen molar-refractivity contribution in [3.63, 3.8) is 0 Å². The van der Waals surface area contributed by atoms with Crippen LogP contribution in [0.3, 0.4) is 0 Å². The van der Waals surface area contributed by atoms with Crippen molar-refractivity contribution in [2.75, 3.05) is 0 Å². The van der Waals surface area contributed by atoms with Gasteiger partial charge in [0.2, 0.25) is 0 Å². The third kappa shape index (κ3) is 2.29. The van der Waals surface area contributed by atoms with Gasteiger partial charge in [-0.2, -0.15) is 0 Å². The van der Waals surface area contributed by atoms with E-state index in [0.717, 1.165) is 20.3 Å². The van der Waals surface area contributed by atoms with E-state index in [2.05, 4.69) is 55.0 Å². The lowest BCUT2D eigenvalue weighted by Gasteiger charge is -2.06. The van der Waals surface area contributed by atoms with Crippen LogP contribution in [0.15, 0.2) is 45.6 Å². The lowest BCUT2D eigenvalue weighted by atomic mass is 10.1. The average Bonchev–Trinajstić information content (AvgIpc) is 2.25. The molecule has 1 aromatic carbocycles. The molecule has 0 saturated heterocycles. The monoisotopic (exact) mass is 325 g/mol. The van der Waals surface area contributed by atoms with E-state index in [1.54, 1.807) is 0 Å². The summed E-state index contributed by atoms with van der Waals surface area (Å²) in [5.41, 5.74) is 3.43. The van der Waals surface area contributed by atoms with Gasteiger partial charge in [-0.05, 0) is 56.0 Å². The van der Waals surface area contributed by atoms with Crippen molar-refractivity contribution in [2.24, 2.45) is 0 Å². The first kappa shape index (κ1) is 10.8. The van der Waals surface area contributed by atoms with Gasteiger partial charge in [0, 0.05) is 5.56 Å². The van der Waals surface area contributed by atoms with Gasteiger partial charge in [-0.3, -0.25) is 0 Å². The smallest absolute Gasteiger partial charge is 0.115 e. The molecule has 0 atom stereocenters. The molecule has 0 aliphatic rings. The number of benzene rings is 1. The zero-order valence-corrected chi connectivity index (χ0v) is 11.3. The lowest BCUT2D eigenvalue weighted by molar-refractivity contribution is 1.18. The van der Waals surface area contributed by atoms with Gasteiger partial charge in [-0.1, -0.05) is 30.3 Å². The van der Waals surface area contributed by atoms with E-state index < -0.39 is 0 Å². The van der Waals surface area contributed by atoms with Gasteiger partial charge in [0.1, 0.15) is 9.21 Å². The maximum Gasteiger partial charge on any atom is 0.115 e. The van der Waals surface area contributed by atoms with E-state index in [1.165, 1.54) is 5.56 Å². The minimum absolute atomic E-state index is 0.867. The average molecular weight is 327 g/mol. The number of hydrogen-bond donors (Lipinski definition) is 0. The molecule has 1 heterocycles. The summed E-state index contributed by atoms with van der Waals surface area (Å²) in [6.45, 7) is 2.04. The predicted molar refractivity (Wildman–Crippen MR) is 69.8 cm³/mol. The predicted octanol–water partition coefficient (Wildman–Crippen LogP) is 4.58. The summed E-state index contributed by atoms with van der Waals surface area (Å²) in [5.74, 6) is 0. The summed E-state index contributed by atoms with van der Waals surface area (Å²) in [4.78, 5) is 4.38. The lowest BCUT2D eigenvalue weighted by Crippen LogP contribution is -1.88. The molecule has 0 unspecified atom stereocenters. The molecule has 0 spiro atoms. The molecule has 0 amide bonds. The van der Waals surface area contributed by atoms with Crippen LogP contribution >= 0.6 is 31.9 Å². The largest absolute Gasteiger partial charge is 0.233 e. The van der Waals surface area contributed by atoms with E-state index in [0.29, 0.717) is 0 Å². The Morgan fingerprint density at radius 1 is 1.00 bits per heavy atom. The SMILES string of the molecule is Cc1cc(-c2ccccc2)c(Br)nc1Br. The molecule has 0 bridgehead atoms. The second kappa shape index (κ2) is 4.45. The summed E-state index contributed by atoms with van der Waals surface area (Å²) >= 11 is 6.89. The number of rotatable bonds is 1. The minimum Gasteiger partial charge on any atom is -0.233 e. The van der Waals surface area contributed by atoms with Crippen LogP contribution in [-0.2, 0) is 0 Å². The zero-order valence-electron chi connectivity index (χ0n) is 8.17. The van der Waals surface area contributed by atoms with Crippen molar-refractivity contribution >= 4 is 31.9 Å². The van der Waals surface area contributed by atoms with Gasteiger partial charge in [0.25, 0.3) is 0 Å². The molecule has 0 N–H and O–H groups in total. The summed E-state index contributed by atoms with van der Waals surface area (Å²) in [6, 6.07) is 12.3. The number of halogens is 2. The van der Waals surface area contributed by atoms with Gasteiger partial charge < -0.3 is 0 Å². The fourth-order valence-corrected chi connectivity index (χ4v) is 2.44. The van der Waals surface area contributed by atoms with Gasteiger partial charge in [0.05, 0.1) is 0 Å². The van der Waals surface area contributed by atoms with Crippen LogP contribution in [0.4, 0.5) is 0 Å². The number of hydrogen-bond acceptors (Lipinski definition) is 1. The number of aryl methyl sites for hydroxylation is 1. The quantitative estimate of drug-likeness (QED) is 0.699. The molecule has 15 heavy (non-hydrogen) atoms. The fraction of sp³-hybridized carbons (Fsp3) is 0.0833. The van der Waals surface area contributed by atoms with Crippen molar-refractivity contribution in [1.29, 1.82) is 0 Å². The molecule has 3 heteroatoms. The Labute approximate surface area is 106 Å². The van der Waals surface area contributed by atoms with Crippen LogP contribution in [-0.4, -0.2) is 4.98 Å². The Bertz CT molecular complexity index is 480. The maximum absolute atomic E-state index is 4.38. The standard InChI is InChI=1S/C12H9Br2N/c1-8-7-10(12(14)15-11(8)13)9-5-3-2-4-6-9/h2-7H,1H3. The second-order valence-electron chi connectivity index (χ2n) is 3.30. The van der Waals surface area contributed by atoms with Gasteiger partial charge >= 0.3 is 0 Å². The van der Waals surface area contributed by atoms with Crippen molar-refractivity contribution < 1.29 is 0 Å². The van der Waals surface area contributed by atoms with Crippen LogP contribution in [0, 0.1) is 6.92 Å². The third-order valence-electron chi connectivity index (χ3n) is 2.19. The Morgan fingerprint density at radius 3 is 2.33 bits per heavy atom. The summed E-state index contributed by atoms with van der Waals surface area (Å²) < 4.78 is 1.75. The highest BCUT2D eigenvalue weighted by Crippen LogP contribution is 2.29. The summed E-state index contributed by atoms with van der Waals surface area (Å²) in [5, 5.41) is 0. The van der Waals surface area contributed by atoms with Crippen LogP contribution in [0.5, 0.6) is 0 Å².